The van der Waals surface area contributed by atoms with Crippen LogP contribution in [0.3, 0.4) is 0 Å². The zero-order valence-corrected chi connectivity index (χ0v) is 15.2. The first-order chi connectivity index (χ1) is 12.2. The molecular weight excluding hydrogens is 314 g/mol. The predicted octanol–water partition coefficient (Wildman–Crippen LogP) is 4.24. The number of aromatic nitrogens is 1. The normalized spacial score (nSPS) is 16.2. The standard InChI is InChI=1S/C21H25NO3/c1-14-17-6-4-5-15(18(17)9-10-20(14)24-2)7-8-16-13-22-12-11-19(16)21(23)25-3/h9-13,15H,4-8H2,1-3H3/t15-/m0/s1. The van der Waals surface area contributed by atoms with Crippen molar-refractivity contribution in [3.8, 4) is 5.75 Å². The van der Waals surface area contributed by atoms with Gasteiger partial charge in [-0.3, -0.25) is 4.98 Å². The summed E-state index contributed by atoms with van der Waals surface area (Å²) in [4.78, 5) is 16.1. The van der Waals surface area contributed by atoms with Gasteiger partial charge in [-0.15, -0.1) is 0 Å². The van der Waals surface area contributed by atoms with E-state index in [1.165, 1.54) is 36.6 Å². The fraction of sp³-hybridized carbons (Fsp3) is 0.429. The van der Waals surface area contributed by atoms with Crippen LogP contribution in [-0.4, -0.2) is 25.2 Å². The van der Waals surface area contributed by atoms with Gasteiger partial charge in [0.1, 0.15) is 5.75 Å². The van der Waals surface area contributed by atoms with E-state index in [4.69, 9.17) is 9.47 Å². The Bertz CT molecular complexity index is 770. The number of esters is 1. The molecule has 0 spiro atoms. The number of rotatable bonds is 5. The first-order valence-corrected chi connectivity index (χ1v) is 8.83. The Morgan fingerprint density at radius 2 is 2.12 bits per heavy atom. The number of methoxy groups -OCH3 is 2. The molecule has 25 heavy (non-hydrogen) atoms. The zero-order valence-electron chi connectivity index (χ0n) is 15.2. The molecule has 1 aromatic heterocycles. The minimum atomic E-state index is -0.290. The molecule has 132 valence electrons. The maximum atomic E-state index is 11.9. The number of nitrogens with zero attached hydrogens (tertiary/aromatic N) is 1. The van der Waals surface area contributed by atoms with Crippen LogP contribution in [0.1, 0.15) is 57.8 Å². The van der Waals surface area contributed by atoms with Crippen molar-refractivity contribution in [2.45, 2.75) is 44.9 Å². The molecule has 0 fully saturated rings. The van der Waals surface area contributed by atoms with E-state index in [1.54, 1.807) is 25.6 Å². The van der Waals surface area contributed by atoms with Gasteiger partial charge >= 0.3 is 5.97 Å². The van der Waals surface area contributed by atoms with Crippen molar-refractivity contribution in [2.75, 3.05) is 14.2 Å². The van der Waals surface area contributed by atoms with Gasteiger partial charge in [0.2, 0.25) is 0 Å². The van der Waals surface area contributed by atoms with Gasteiger partial charge in [0.05, 0.1) is 19.8 Å². The average molecular weight is 339 g/mol. The number of aryl methyl sites for hydroxylation is 1. The third kappa shape index (κ3) is 3.53. The molecule has 3 rings (SSSR count). The van der Waals surface area contributed by atoms with Crippen molar-refractivity contribution >= 4 is 5.97 Å². The third-order valence-corrected chi connectivity index (χ3v) is 5.30. The van der Waals surface area contributed by atoms with Crippen molar-refractivity contribution in [3.63, 3.8) is 0 Å². The van der Waals surface area contributed by atoms with Crippen LogP contribution >= 0.6 is 0 Å². The minimum Gasteiger partial charge on any atom is -0.496 e. The molecule has 0 aliphatic heterocycles. The lowest BCUT2D eigenvalue weighted by atomic mass is 9.78. The molecule has 0 N–H and O–H groups in total. The summed E-state index contributed by atoms with van der Waals surface area (Å²) in [5.41, 5.74) is 5.73. The van der Waals surface area contributed by atoms with Gasteiger partial charge in [-0.05, 0) is 79.3 Å². The van der Waals surface area contributed by atoms with Crippen LogP contribution in [0.4, 0.5) is 0 Å². The molecule has 0 amide bonds. The molecule has 1 heterocycles. The summed E-state index contributed by atoms with van der Waals surface area (Å²) in [6.07, 6.45) is 8.77. The number of ether oxygens (including phenoxy) is 2. The zero-order chi connectivity index (χ0) is 17.8. The van der Waals surface area contributed by atoms with Gasteiger partial charge in [0.15, 0.2) is 0 Å². The fourth-order valence-corrected chi connectivity index (χ4v) is 3.94. The van der Waals surface area contributed by atoms with E-state index in [0.29, 0.717) is 11.5 Å². The first kappa shape index (κ1) is 17.5. The molecule has 2 aromatic rings. The molecule has 0 radical (unpaired) electrons. The molecule has 1 atom stereocenters. The van der Waals surface area contributed by atoms with Crippen LogP contribution in [0.25, 0.3) is 0 Å². The third-order valence-electron chi connectivity index (χ3n) is 5.30. The monoisotopic (exact) mass is 339 g/mol. The summed E-state index contributed by atoms with van der Waals surface area (Å²) in [7, 11) is 3.14. The summed E-state index contributed by atoms with van der Waals surface area (Å²) in [6, 6.07) is 6.04. The molecule has 0 saturated heterocycles. The van der Waals surface area contributed by atoms with Crippen molar-refractivity contribution in [3.05, 3.63) is 58.4 Å². The number of hydrogen-bond donors (Lipinski definition) is 0. The highest BCUT2D eigenvalue weighted by molar-refractivity contribution is 5.90. The second-order valence-corrected chi connectivity index (χ2v) is 6.61. The lowest BCUT2D eigenvalue weighted by molar-refractivity contribution is 0.0599. The van der Waals surface area contributed by atoms with E-state index in [1.807, 2.05) is 0 Å². The molecule has 1 aromatic carbocycles. The minimum absolute atomic E-state index is 0.290. The topological polar surface area (TPSA) is 48.4 Å². The molecular formula is C21H25NO3. The largest absolute Gasteiger partial charge is 0.496 e. The van der Waals surface area contributed by atoms with Gasteiger partial charge in [-0.1, -0.05) is 6.07 Å². The Hall–Kier alpha value is -2.36. The highest BCUT2D eigenvalue weighted by Crippen LogP contribution is 2.39. The Labute approximate surface area is 149 Å². The Balaban J connectivity index is 1.81. The van der Waals surface area contributed by atoms with E-state index in [2.05, 4.69) is 24.0 Å². The van der Waals surface area contributed by atoms with E-state index in [-0.39, 0.29) is 5.97 Å². The first-order valence-electron chi connectivity index (χ1n) is 8.83. The van der Waals surface area contributed by atoms with Crippen LogP contribution in [0, 0.1) is 6.92 Å². The average Bonchev–Trinajstić information content (AvgIpc) is 2.66. The van der Waals surface area contributed by atoms with Gasteiger partial charge < -0.3 is 9.47 Å². The maximum Gasteiger partial charge on any atom is 0.338 e. The molecule has 1 aliphatic carbocycles. The smallest absolute Gasteiger partial charge is 0.338 e. The van der Waals surface area contributed by atoms with Gasteiger partial charge in [-0.25, -0.2) is 4.79 Å². The fourth-order valence-electron chi connectivity index (χ4n) is 3.94. The molecule has 4 heteroatoms. The molecule has 0 unspecified atom stereocenters. The summed E-state index contributed by atoms with van der Waals surface area (Å²) in [6.45, 7) is 2.15. The second kappa shape index (κ2) is 7.68. The Kier molecular flexibility index (Phi) is 5.37. The summed E-state index contributed by atoms with van der Waals surface area (Å²) >= 11 is 0. The quantitative estimate of drug-likeness (QED) is 0.765. The van der Waals surface area contributed by atoms with E-state index in [9.17, 15) is 4.79 Å². The van der Waals surface area contributed by atoms with Crippen molar-refractivity contribution in [1.82, 2.24) is 4.98 Å². The molecule has 0 bridgehead atoms. The number of benzene rings is 1. The van der Waals surface area contributed by atoms with Crippen LogP contribution in [-0.2, 0) is 17.6 Å². The van der Waals surface area contributed by atoms with Crippen molar-refractivity contribution < 1.29 is 14.3 Å². The number of carbonyl (C=O) groups excluding carboxylic acids is 1. The summed E-state index contributed by atoms with van der Waals surface area (Å²) in [5, 5.41) is 0. The number of fused-ring (bicyclic) bond motifs is 1. The summed E-state index contributed by atoms with van der Waals surface area (Å²) < 4.78 is 10.4. The predicted molar refractivity (Wildman–Crippen MR) is 97.3 cm³/mol. The van der Waals surface area contributed by atoms with Crippen LogP contribution in [0.5, 0.6) is 5.75 Å². The maximum absolute atomic E-state index is 11.9. The lowest BCUT2D eigenvalue weighted by Crippen LogP contribution is -2.14. The van der Waals surface area contributed by atoms with Gasteiger partial charge in [0, 0.05) is 12.4 Å². The van der Waals surface area contributed by atoms with Gasteiger partial charge in [-0.2, -0.15) is 0 Å². The highest BCUT2D eigenvalue weighted by Gasteiger charge is 2.23. The number of pyridine rings is 1. The molecule has 0 saturated carbocycles. The van der Waals surface area contributed by atoms with Crippen molar-refractivity contribution in [1.29, 1.82) is 0 Å². The van der Waals surface area contributed by atoms with Crippen LogP contribution in [0.15, 0.2) is 30.6 Å². The van der Waals surface area contributed by atoms with Gasteiger partial charge in [0.25, 0.3) is 0 Å². The second-order valence-electron chi connectivity index (χ2n) is 6.61. The van der Waals surface area contributed by atoms with Crippen molar-refractivity contribution in [2.24, 2.45) is 0 Å². The number of hydrogen-bond acceptors (Lipinski definition) is 4. The molecule has 1 aliphatic rings. The highest BCUT2D eigenvalue weighted by atomic mass is 16.5. The van der Waals surface area contributed by atoms with E-state index in [0.717, 1.165) is 30.6 Å². The number of carbonyl (C=O) groups is 1. The van der Waals surface area contributed by atoms with Crippen LogP contribution in [0.2, 0.25) is 0 Å². The van der Waals surface area contributed by atoms with E-state index < -0.39 is 0 Å². The molecule has 4 nitrogen and oxygen atoms in total. The Morgan fingerprint density at radius 1 is 1.28 bits per heavy atom. The van der Waals surface area contributed by atoms with Crippen LogP contribution < -0.4 is 4.74 Å². The Morgan fingerprint density at radius 3 is 2.88 bits per heavy atom. The lowest BCUT2D eigenvalue weighted by Gasteiger charge is -2.28. The SMILES string of the molecule is COC(=O)c1ccncc1CC[C@@H]1CCCc2c1ccc(OC)c2C. The summed E-state index contributed by atoms with van der Waals surface area (Å²) in [5.74, 6) is 1.20. The van der Waals surface area contributed by atoms with E-state index >= 15 is 0 Å².